The van der Waals surface area contributed by atoms with Crippen molar-refractivity contribution in [1.82, 2.24) is 14.5 Å². The molecule has 4 aromatic carbocycles. The standard InChI is InChI=1S/C33H30N4O5/c1-3-30(35(22-23-10-6-5-7-11-23)32(38)24-14-16-26(17-15-24)37(40)41)31-34-29-13-9-8-12-28(29)33(39)36(31)25-18-20-27(21-19-25)42-4-2/h5-21,30H,3-4,22H2,1-2H3. The van der Waals surface area contributed by atoms with E-state index in [0.717, 1.165) is 5.56 Å². The number of hydrogen-bond acceptors (Lipinski definition) is 6. The summed E-state index contributed by atoms with van der Waals surface area (Å²) in [7, 11) is 0. The minimum Gasteiger partial charge on any atom is -0.494 e. The Morgan fingerprint density at radius 3 is 2.24 bits per heavy atom. The van der Waals surface area contributed by atoms with Gasteiger partial charge < -0.3 is 9.64 Å². The van der Waals surface area contributed by atoms with E-state index in [9.17, 15) is 19.7 Å². The summed E-state index contributed by atoms with van der Waals surface area (Å²) in [5.74, 6) is 0.758. The van der Waals surface area contributed by atoms with Crippen LogP contribution >= 0.6 is 0 Å². The number of nitrogens with zero attached hydrogens (tertiary/aromatic N) is 4. The molecule has 0 aliphatic rings. The van der Waals surface area contributed by atoms with Crippen molar-refractivity contribution in [1.29, 1.82) is 0 Å². The summed E-state index contributed by atoms with van der Waals surface area (Å²) >= 11 is 0. The van der Waals surface area contributed by atoms with Gasteiger partial charge in [0.1, 0.15) is 11.6 Å². The number of non-ortho nitro benzene ring substituents is 1. The number of benzene rings is 4. The summed E-state index contributed by atoms with van der Waals surface area (Å²) in [6, 6.07) is 28.8. The third-order valence-corrected chi connectivity index (χ3v) is 7.05. The number of ether oxygens (including phenoxy) is 1. The molecule has 0 radical (unpaired) electrons. The van der Waals surface area contributed by atoms with Crippen LogP contribution in [0.15, 0.2) is 108 Å². The van der Waals surface area contributed by atoms with Crippen LogP contribution in [0, 0.1) is 10.1 Å². The van der Waals surface area contributed by atoms with Crippen molar-refractivity contribution < 1.29 is 14.5 Å². The molecule has 1 heterocycles. The Kier molecular flexibility index (Phi) is 8.38. The van der Waals surface area contributed by atoms with Gasteiger partial charge in [-0.05, 0) is 67.4 Å². The van der Waals surface area contributed by atoms with E-state index in [1.54, 1.807) is 51.9 Å². The van der Waals surface area contributed by atoms with Crippen LogP contribution in [0.5, 0.6) is 5.75 Å². The normalized spacial score (nSPS) is 11.7. The van der Waals surface area contributed by atoms with Crippen LogP contribution in [0.4, 0.5) is 5.69 Å². The van der Waals surface area contributed by atoms with E-state index in [4.69, 9.17) is 9.72 Å². The molecule has 0 aliphatic heterocycles. The molecule has 5 aromatic rings. The first-order valence-electron chi connectivity index (χ1n) is 13.8. The lowest BCUT2D eigenvalue weighted by Crippen LogP contribution is -2.38. The number of carbonyl (C=O) groups is 1. The zero-order chi connectivity index (χ0) is 29.6. The highest BCUT2D eigenvalue weighted by Gasteiger charge is 2.30. The molecule has 42 heavy (non-hydrogen) atoms. The Morgan fingerprint density at radius 1 is 0.929 bits per heavy atom. The number of carbonyl (C=O) groups excluding carboxylic acids is 1. The molecule has 0 bridgehead atoms. The van der Waals surface area contributed by atoms with Crippen LogP contribution in [0.2, 0.25) is 0 Å². The van der Waals surface area contributed by atoms with Gasteiger partial charge in [-0.25, -0.2) is 4.98 Å². The maximum absolute atomic E-state index is 14.1. The van der Waals surface area contributed by atoms with E-state index in [0.29, 0.717) is 46.8 Å². The van der Waals surface area contributed by atoms with Crippen molar-refractivity contribution in [2.45, 2.75) is 32.9 Å². The lowest BCUT2D eigenvalue weighted by molar-refractivity contribution is -0.384. The predicted octanol–water partition coefficient (Wildman–Crippen LogP) is 6.49. The summed E-state index contributed by atoms with van der Waals surface area (Å²) in [6.45, 7) is 4.59. The van der Waals surface area contributed by atoms with Crippen molar-refractivity contribution in [3.05, 3.63) is 141 Å². The maximum atomic E-state index is 14.1. The fourth-order valence-electron chi connectivity index (χ4n) is 5.02. The second-order valence-corrected chi connectivity index (χ2v) is 9.70. The summed E-state index contributed by atoms with van der Waals surface area (Å²) < 4.78 is 7.17. The van der Waals surface area contributed by atoms with Gasteiger partial charge >= 0.3 is 0 Å². The molecule has 9 nitrogen and oxygen atoms in total. The Labute approximate surface area is 242 Å². The number of nitro groups is 1. The number of rotatable bonds is 10. The van der Waals surface area contributed by atoms with Crippen LogP contribution in [-0.2, 0) is 6.54 Å². The van der Waals surface area contributed by atoms with Crippen LogP contribution < -0.4 is 10.3 Å². The molecule has 1 atom stereocenters. The Hall–Kier alpha value is -5.31. The molecule has 0 saturated carbocycles. The average molecular weight is 563 g/mol. The first kappa shape index (κ1) is 28.2. The first-order valence-corrected chi connectivity index (χ1v) is 13.8. The van der Waals surface area contributed by atoms with Gasteiger partial charge in [0.05, 0.1) is 34.2 Å². The van der Waals surface area contributed by atoms with Crippen LogP contribution in [0.25, 0.3) is 16.6 Å². The summed E-state index contributed by atoms with van der Waals surface area (Å²) in [6.07, 6.45) is 0.452. The van der Waals surface area contributed by atoms with E-state index >= 15 is 0 Å². The number of hydrogen-bond donors (Lipinski definition) is 0. The zero-order valence-corrected chi connectivity index (χ0v) is 23.3. The molecule has 212 valence electrons. The van der Waals surface area contributed by atoms with Crippen LogP contribution in [0.1, 0.15) is 48.1 Å². The molecule has 0 saturated heterocycles. The highest BCUT2D eigenvalue weighted by Crippen LogP contribution is 2.30. The smallest absolute Gasteiger partial charge is 0.269 e. The van der Waals surface area contributed by atoms with Gasteiger partial charge in [-0.15, -0.1) is 0 Å². The minimum atomic E-state index is -0.614. The number of aromatic nitrogens is 2. The summed E-state index contributed by atoms with van der Waals surface area (Å²) in [4.78, 5) is 45.5. The van der Waals surface area contributed by atoms with Crippen LogP contribution in [0.3, 0.4) is 0 Å². The van der Waals surface area contributed by atoms with E-state index in [1.165, 1.54) is 24.3 Å². The monoisotopic (exact) mass is 562 g/mol. The molecule has 0 aliphatic carbocycles. The van der Waals surface area contributed by atoms with Crippen molar-refractivity contribution in [3.63, 3.8) is 0 Å². The summed E-state index contributed by atoms with van der Waals surface area (Å²) in [5, 5.41) is 11.7. The topological polar surface area (TPSA) is 108 Å². The van der Waals surface area contributed by atoms with Gasteiger partial charge in [0, 0.05) is 24.2 Å². The zero-order valence-electron chi connectivity index (χ0n) is 23.3. The molecular weight excluding hydrogens is 532 g/mol. The number of nitro benzene ring substituents is 1. The molecule has 0 N–H and O–H groups in total. The molecule has 1 aromatic heterocycles. The lowest BCUT2D eigenvalue weighted by atomic mass is 10.1. The third kappa shape index (κ3) is 5.76. The van der Waals surface area contributed by atoms with Gasteiger partial charge in [0.15, 0.2) is 0 Å². The van der Waals surface area contributed by atoms with Gasteiger partial charge in [0.25, 0.3) is 17.2 Å². The third-order valence-electron chi connectivity index (χ3n) is 7.05. The van der Waals surface area contributed by atoms with Crippen molar-refractivity contribution in [2.75, 3.05) is 6.61 Å². The SMILES string of the molecule is CCOc1ccc(-n2c(C(CC)N(Cc3ccccc3)C(=O)c3ccc([N+](=O)[O-])cc3)nc3ccccc3c2=O)cc1. The van der Waals surface area contributed by atoms with Crippen LogP contribution in [-0.4, -0.2) is 31.9 Å². The van der Waals surface area contributed by atoms with Gasteiger partial charge in [-0.2, -0.15) is 0 Å². The highest BCUT2D eigenvalue weighted by atomic mass is 16.6. The fourth-order valence-corrected chi connectivity index (χ4v) is 5.02. The highest BCUT2D eigenvalue weighted by molar-refractivity contribution is 5.94. The van der Waals surface area contributed by atoms with Gasteiger partial charge in [0.2, 0.25) is 0 Å². The van der Waals surface area contributed by atoms with Crippen molar-refractivity contribution in [2.24, 2.45) is 0 Å². The lowest BCUT2D eigenvalue weighted by Gasteiger charge is -2.32. The average Bonchev–Trinajstić information content (AvgIpc) is 3.02. The van der Waals surface area contributed by atoms with Gasteiger partial charge in [-0.3, -0.25) is 24.3 Å². The number of amides is 1. The molecule has 1 unspecified atom stereocenters. The maximum Gasteiger partial charge on any atom is 0.269 e. The molecule has 0 spiro atoms. The van der Waals surface area contributed by atoms with E-state index < -0.39 is 11.0 Å². The van der Waals surface area contributed by atoms with Crippen molar-refractivity contribution >= 4 is 22.5 Å². The summed E-state index contributed by atoms with van der Waals surface area (Å²) in [5.41, 5.74) is 1.96. The second kappa shape index (κ2) is 12.5. The Morgan fingerprint density at radius 2 is 1.60 bits per heavy atom. The molecule has 9 heteroatoms. The fraction of sp³-hybridized carbons (Fsp3) is 0.182. The Balaban J connectivity index is 1.69. The van der Waals surface area contributed by atoms with E-state index in [-0.39, 0.29) is 23.7 Å². The number of para-hydroxylation sites is 1. The molecule has 1 amide bonds. The largest absolute Gasteiger partial charge is 0.494 e. The number of fused-ring (bicyclic) bond motifs is 1. The first-order chi connectivity index (χ1) is 20.4. The van der Waals surface area contributed by atoms with E-state index in [1.807, 2.05) is 50.2 Å². The van der Waals surface area contributed by atoms with Crippen molar-refractivity contribution in [3.8, 4) is 11.4 Å². The quantitative estimate of drug-likeness (QED) is 0.142. The second-order valence-electron chi connectivity index (χ2n) is 9.70. The molecule has 5 rings (SSSR count). The molecular formula is C33H30N4O5. The minimum absolute atomic E-state index is 0.103. The molecule has 0 fully saturated rings. The van der Waals surface area contributed by atoms with E-state index in [2.05, 4.69) is 0 Å². The predicted molar refractivity (Wildman–Crippen MR) is 161 cm³/mol. The Bertz CT molecular complexity index is 1770. The van der Waals surface area contributed by atoms with Gasteiger partial charge in [-0.1, -0.05) is 49.4 Å².